The Kier molecular flexibility index (Phi) is 3.41. The number of rotatable bonds is 3. The molecule has 0 aliphatic rings. The molecule has 0 aromatic heterocycles. The van der Waals surface area contributed by atoms with Crippen molar-refractivity contribution in [3.05, 3.63) is 64.6 Å². The average Bonchev–Trinajstić information content (AvgIpc) is 2.28. The molecule has 0 aliphatic heterocycles. The van der Waals surface area contributed by atoms with E-state index < -0.39 is 0 Å². The molecule has 75 valence electrons. The number of hydrogen-bond donors (Lipinski definition) is 0. The zero-order valence-electron chi connectivity index (χ0n) is 8.11. The normalized spacial score (nSPS) is 9.93. The molecule has 0 unspecified atom stereocenters. The Balaban J connectivity index is 1.99. The van der Waals surface area contributed by atoms with E-state index in [2.05, 4.69) is 22.0 Å². The van der Waals surface area contributed by atoms with Crippen molar-refractivity contribution in [3.8, 4) is 5.75 Å². The van der Waals surface area contributed by atoms with E-state index in [1.165, 1.54) is 0 Å². The fourth-order valence-electron chi connectivity index (χ4n) is 1.25. The van der Waals surface area contributed by atoms with Gasteiger partial charge < -0.3 is 4.74 Å². The van der Waals surface area contributed by atoms with Crippen LogP contribution in [0, 0.1) is 6.07 Å². The van der Waals surface area contributed by atoms with Crippen LogP contribution >= 0.6 is 15.9 Å². The Morgan fingerprint density at radius 3 is 2.80 bits per heavy atom. The van der Waals surface area contributed by atoms with E-state index >= 15 is 0 Å². The lowest BCUT2D eigenvalue weighted by atomic mass is 10.2. The van der Waals surface area contributed by atoms with E-state index in [1.807, 2.05) is 48.5 Å². The highest BCUT2D eigenvalue weighted by molar-refractivity contribution is 9.10. The van der Waals surface area contributed by atoms with Crippen molar-refractivity contribution in [2.24, 2.45) is 0 Å². The molecule has 0 atom stereocenters. The molecule has 2 heteroatoms. The van der Waals surface area contributed by atoms with E-state index in [-0.39, 0.29) is 0 Å². The van der Waals surface area contributed by atoms with Gasteiger partial charge in [0.05, 0.1) is 0 Å². The molecule has 1 radical (unpaired) electrons. The van der Waals surface area contributed by atoms with E-state index in [9.17, 15) is 0 Å². The van der Waals surface area contributed by atoms with Crippen LogP contribution < -0.4 is 4.74 Å². The molecule has 0 aliphatic carbocycles. The summed E-state index contributed by atoms with van der Waals surface area (Å²) in [5.41, 5.74) is 1.14. The predicted octanol–water partition coefficient (Wildman–Crippen LogP) is 3.83. The van der Waals surface area contributed by atoms with Crippen LogP contribution in [0.3, 0.4) is 0 Å². The Bertz CT molecular complexity index is 426. The Morgan fingerprint density at radius 1 is 1.13 bits per heavy atom. The third-order valence-electron chi connectivity index (χ3n) is 1.96. The number of halogens is 1. The van der Waals surface area contributed by atoms with Crippen LogP contribution in [-0.4, -0.2) is 0 Å². The van der Waals surface area contributed by atoms with Gasteiger partial charge in [-0.25, -0.2) is 0 Å². The van der Waals surface area contributed by atoms with Crippen LogP contribution in [0.1, 0.15) is 5.56 Å². The maximum absolute atomic E-state index is 5.57. The van der Waals surface area contributed by atoms with E-state index in [0.717, 1.165) is 15.8 Å². The van der Waals surface area contributed by atoms with Gasteiger partial charge in [0.2, 0.25) is 0 Å². The molecule has 2 aromatic rings. The predicted molar refractivity (Wildman–Crippen MR) is 63.8 cm³/mol. The summed E-state index contributed by atoms with van der Waals surface area (Å²) >= 11 is 3.43. The summed E-state index contributed by atoms with van der Waals surface area (Å²) < 4.78 is 6.64. The van der Waals surface area contributed by atoms with Gasteiger partial charge in [-0.3, -0.25) is 0 Å². The van der Waals surface area contributed by atoms with Crippen LogP contribution in [0.2, 0.25) is 0 Å². The number of para-hydroxylation sites is 1. The minimum Gasteiger partial charge on any atom is -0.488 e. The molecule has 0 bridgehead atoms. The van der Waals surface area contributed by atoms with Gasteiger partial charge in [-0.2, -0.15) is 0 Å². The Morgan fingerprint density at radius 2 is 2.07 bits per heavy atom. The molecule has 0 amide bonds. The van der Waals surface area contributed by atoms with Crippen LogP contribution in [0.15, 0.2) is 53.0 Å². The first kappa shape index (κ1) is 10.2. The highest BCUT2D eigenvalue weighted by Crippen LogP contribution is 2.14. The van der Waals surface area contributed by atoms with Crippen molar-refractivity contribution in [1.82, 2.24) is 0 Å². The number of ether oxygens (including phenoxy) is 1. The molecule has 2 aromatic carbocycles. The van der Waals surface area contributed by atoms with Crippen molar-refractivity contribution in [1.29, 1.82) is 0 Å². The third-order valence-corrected chi connectivity index (χ3v) is 2.46. The Hall–Kier alpha value is -1.28. The van der Waals surface area contributed by atoms with Crippen molar-refractivity contribution in [2.75, 3.05) is 0 Å². The summed E-state index contributed by atoms with van der Waals surface area (Å²) in [6.07, 6.45) is 0. The lowest BCUT2D eigenvalue weighted by molar-refractivity contribution is 0.305. The third kappa shape index (κ3) is 3.10. The summed E-state index contributed by atoms with van der Waals surface area (Å²) in [7, 11) is 0. The highest BCUT2D eigenvalue weighted by Gasteiger charge is 1.95. The van der Waals surface area contributed by atoms with Crippen LogP contribution in [0.4, 0.5) is 0 Å². The second-order valence-electron chi connectivity index (χ2n) is 3.15. The van der Waals surface area contributed by atoms with Gasteiger partial charge in [0.1, 0.15) is 12.4 Å². The summed E-state index contributed by atoms with van der Waals surface area (Å²) in [6, 6.07) is 18.7. The first-order valence-electron chi connectivity index (χ1n) is 4.68. The molecule has 0 spiro atoms. The summed E-state index contributed by atoms with van der Waals surface area (Å²) in [5, 5.41) is 0. The zero-order valence-corrected chi connectivity index (χ0v) is 9.70. The molecule has 0 N–H and O–H groups in total. The van der Waals surface area contributed by atoms with Crippen molar-refractivity contribution >= 4 is 15.9 Å². The van der Waals surface area contributed by atoms with Gasteiger partial charge in [0, 0.05) is 10.5 Å². The largest absolute Gasteiger partial charge is 0.488 e. The number of benzene rings is 2. The van der Waals surface area contributed by atoms with Gasteiger partial charge in [0.15, 0.2) is 0 Å². The summed E-state index contributed by atoms with van der Waals surface area (Å²) in [4.78, 5) is 0. The quantitative estimate of drug-likeness (QED) is 0.816. The topological polar surface area (TPSA) is 9.23 Å². The van der Waals surface area contributed by atoms with Crippen molar-refractivity contribution < 1.29 is 4.74 Å². The van der Waals surface area contributed by atoms with Gasteiger partial charge in [-0.15, -0.1) is 0 Å². The molecule has 0 fully saturated rings. The van der Waals surface area contributed by atoms with Gasteiger partial charge in [0.25, 0.3) is 0 Å². The zero-order chi connectivity index (χ0) is 10.5. The molecule has 0 saturated heterocycles. The average molecular weight is 262 g/mol. The van der Waals surface area contributed by atoms with Crippen LogP contribution in [0.25, 0.3) is 0 Å². The standard InChI is InChI=1S/C13H10BrO/c14-12-6-4-5-11(9-12)10-15-13-7-2-1-3-8-13/h1-7,9H,10H2. The van der Waals surface area contributed by atoms with Gasteiger partial charge in [-0.05, 0) is 23.8 Å². The number of hydrogen-bond acceptors (Lipinski definition) is 1. The van der Waals surface area contributed by atoms with Crippen molar-refractivity contribution in [3.63, 3.8) is 0 Å². The lowest BCUT2D eigenvalue weighted by Gasteiger charge is -2.05. The smallest absolute Gasteiger partial charge is 0.127 e. The summed E-state index contributed by atoms with van der Waals surface area (Å²) in [6.45, 7) is 0.569. The monoisotopic (exact) mass is 261 g/mol. The first-order valence-corrected chi connectivity index (χ1v) is 5.48. The minimum absolute atomic E-state index is 0.569. The molecule has 1 nitrogen and oxygen atoms in total. The Labute approximate surface area is 97.8 Å². The lowest BCUT2D eigenvalue weighted by Crippen LogP contribution is -1.94. The maximum atomic E-state index is 5.57. The minimum atomic E-state index is 0.569. The molecule has 2 rings (SSSR count). The SMILES string of the molecule is Brc1cccc(COc2[c]cccc2)c1. The second-order valence-corrected chi connectivity index (χ2v) is 4.06. The van der Waals surface area contributed by atoms with E-state index in [1.54, 1.807) is 0 Å². The van der Waals surface area contributed by atoms with Gasteiger partial charge >= 0.3 is 0 Å². The van der Waals surface area contributed by atoms with Crippen LogP contribution in [-0.2, 0) is 6.61 Å². The highest BCUT2D eigenvalue weighted by atomic mass is 79.9. The van der Waals surface area contributed by atoms with E-state index in [0.29, 0.717) is 6.61 Å². The molecular formula is C13H10BrO. The molecule has 15 heavy (non-hydrogen) atoms. The van der Waals surface area contributed by atoms with E-state index in [4.69, 9.17) is 4.74 Å². The van der Waals surface area contributed by atoms with Gasteiger partial charge in [-0.1, -0.05) is 46.3 Å². The summed E-state index contributed by atoms with van der Waals surface area (Å²) in [5.74, 6) is 0.775. The first-order chi connectivity index (χ1) is 7.34. The molecule has 0 saturated carbocycles. The maximum Gasteiger partial charge on any atom is 0.127 e. The fourth-order valence-corrected chi connectivity index (χ4v) is 1.70. The molecule has 0 heterocycles. The second kappa shape index (κ2) is 4.99. The molecular weight excluding hydrogens is 252 g/mol. The fraction of sp³-hybridized carbons (Fsp3) is 0.0769. The van der Waals surface area contributed by atoms with Crippen molar-refractivity contribution in [2.45, 2.75) is 6.61 Å². The van der Waals surface area contributed by atoms with Crippen LogP contribution in [0.5, 0.6) is 5.75 Å².